The van der Waals surface area contributed by atoms with E-state index in [0.29, 0.717) is 18.5 Å². The van der Waals surface area contributed by atoms with Gasteiger partial charge in [-0.15, -0.1) is 12.4 Å². The smallest absolute Gasteiger partial charge is 0.234 e. The fourth-order valence-corrected chi connectivity index (χ4v) is 3.53. The number of carbonyl (C=O) groups is 1. The fraction of sp³-hybridized carbons (Fsp3) is 0.632. The van der Waals surface area contributed by atoms with E-state index in [1.54, 1.807) is 0 Å². The summed E-state index contributed by atoms with van der Waals surface area (Å²) in [5.41, 5.74) is 1.39. The quantitative estimate of drug-likeness (QED) is 0.802. The van der Waals surface area contributed by atoms with Crippen molar-refractivity contribution in [2.24, 2.45) is 11.8 Å². The Labute approximate surface area is 146 Å². The molecule has 0 aliphatic heterocycles. The van der Waals surface area contributed by atoms with Gasteiger partial charge in [0.05, 0.1) is 6.54 Å². The Bertz CT molecular complexity index is 476. The first-order valence-electron chi connectivity index (χ1n) is 8.85. The zero-order chi connectivity index (χ0) is 15.2. The van der Waals surface area contributed by atoms with Crippen molar-refractivity contribution < 1.29 is 4.79 Å². The lowest BCUT2D eigenvalue weighted by Crippen LogP contribution is -2.46. The molecule has 128 valence electrons. The fourth-order valence-electron chi connectivity index (χ4n) is 3.53. The molecule has 3 rings (SSSR count). The molecule has 2 atom stereocenters. The largest absolute Gasteiger partial charge is 0.352 e. The minimum absolute atomic E-state index is 0. The lowest BCUT2D eigenvalue weighted by molar-refractivity contribution is -0.121. The second-order valence-electron chi connectivity index (χ2n) is 6.98. The van der Waals surface area contributed by atoms with Crippen LogP contribution in [0.5, 0.6) is 0 Å². The summed E-state index contributed by atoms with van der Waals surface area (Å²) in [6.45, 7) is 1.48. The molecule has 3 nitrogen and oxygen atoms in total. The maximum absolute atomic E-state index is 12.1. The molecule has 1 aromatic carbocycles. The molecule has 2 fully saturated rings. The zero-order valence-corrected chi connectivity index (χ0v) is 14.6. The van der Waals surface area contributed by atoms with E-state index in [1.165, 1.54) is 37.7 Å². The summed E-state index contributed by atoms with van der Waals surface area (Å²) in [6.07, 6.45) is 8.64. The van der Waals surface area contributed by atoms with Crippen molar-refractivity contribution in [3.63, 3.8) is 0 Å². The van der Waals surface area contributed by atoms with Gasteiger partial charge < -0.3 is 10.6 Å². The Morgan fingerprint density at radius 3 is 2.52 bits per heavy atom. The SMILES string of the molecule is Cl.O=C(CNCC1CC1)NC1CCCCC1Cc1ccccc1. The molecule has 1 aromatic rings. The number of hydrogen-bond acceptors (Lipinski definition) is 2. The number of rotatable bonds is 7. The van der Waals surface area contributed by atoms with Crippen LogP contribution in [0.15, 0.2) is 30.3 Å². The van der Waals surface area contributed by atoms with Crippen LogP contribution in [-0.2, 0) is 11.2 Å². The van der Waals surface area contributed by atoms with Crippen molar-refractivity contribution >= 4 is 18.3 Å². The van der Waals surface area contributed by atoms with Crippen LogP contribution in [0.4, 0.5) is 0 Å². The average Bonchev–Trinajstić information content (AvgIpc) is 3.35. The van der Waals surface area contributed by atoms with Gasteiger partial charge in [0.1, 0.15) is 0 Å². The van der Waals surface area contributed by atoms with Gasteiger partial charge in [0.2, 0.25) is 5.91 Å². The zero-order valence-electron chi connectivity index (χ0n) is 13.8. The molecule has 1 amide bonds. The van der Waals surface area contributed by atoms with Crippen molar-refractivity contribution in [1.82, 2.24) is 10.6 Å². The molecule has 2 unspecified atom stereocenters. The molecule has 0 bridgehead atoms. The van der Waals surface area contributed by atoms with Crippen LogP contribution < -0.4 is 10.6 Å². The Hall–Kier alpha value is -1.06. The van der Waals surface area contributed by atoms with Crippen LogP contribution in [0.25, 0.3) is 0 Å². The predicted molar refractivity (Wildman–Crippen MR) is 96.9 cm³/mol. The molecule has 4 heteroatoms. The van der Waals surface area contributed by atoms with Crippen molar-refractivity contribution in [2.75, 3.05) is 13.1 Å². The molecule has 2 aliphatic carbocycles. The van der Waals surface area contributed by atoms with Crippen LogP contribution in [0.2, 0.25) is 0 Å². The van der Waals surface area contributed by atoms with E-state index in [1.807, 2.05) is 0 Å². The molecule has 0 aromatic heterocycles. The molecule has 2 N–H and O–H groups in total. The number of carbonyl (C=O) groups excluding carboxylic acids is 1. The highest BCUT2D eigenvalue weighted by Gasteiger charge is 2.26. The van der Waals surface area contributed by atoms with Crippen LogP contribution in [0.3, 0.4) is 0 Å². The number of halogens is 1. The van der Waals surface area contributed by atoms with Crippen LogP contribution in [-0.4, -0.2) is 25.0 Å². The standard InChI is InChI=1S/C19H28N2O.ClH/c22-19(14-20-13-16-10-11-16)21-18-9-5-4-8-17(18)12-15-6-2-1-3-7-15;/h1-3,6-7,16-18,20H,4-5,8-14H2,(H,21,22);1H. The maximum Gasteiger partial charge on any atom is 0.234 e. The van der Waals surface area contributed by atoms with E-state index in [0.717, 1.165) is 25.3 Å². The average molecular weight is 337 g/mol. The molecule has 0 spiro atoms. The Balaban J connectivity index is 0.00000192. The van der Waals surface area contributed by atoms with Gasteiger partial charge in [-0.3, -0.25) is 4.79 Å². The van der Waals surface area contributed by atoms with Gasteiger partial charge in [-0.1, -0.05) is 43.2 Å². The first-order chi connectivity index (χ1) is 10.8. The van der Waals surface area contributed by atoms with Crippen molar-refractivity contribution in [3.8, 4) is 0 Å². The van der Waals surface area contributed by atoms with Crippen molar-refractivity contribution in [2.45, 2.75) is 51.0 Å². The minimum atomic E-state index is 0. The lowest BCUT2D eigenvalue weighted by atomic mass is 9.80. The third kappa shape index (κ3) is 6.15. The predicted octanol–water partition coefficient (Wildman–Crippen LogP) is 3.33. The third-order valence-corrected chi connectivity index (χ3v) is 5.01. The van der Waals surface area contributed by atoms with Gasteiger partial charge in [0.25, 0.3) is 0 Å². The van der Waals surface area contributed by atoms with E-state index >= 15 is 0 Å². The Morgan fingerprint density at radius 1 is 1.04 bits per heavy atom. The lowest BCUT2D eigenvalue weighted by Gasteiger charge is -2.32. The first kappa shape index (κ1) is 18.3. The number of hydrogen-bond donors (Lipinski definition) is 2. The van der Waals surface area contributed by atoms with Crippen LogP contribution in [0, 0.1) is 11.8 Å². The van der Waals surface area contributed by atoms with Gasteiger partial charge in [0, 0.05) is 6.04 Å². The summed E-state index contributed by atoms with van der Waals surface area (Å²) >= 11 is 0. The van der Waals surface area contributed by atoms with Gasteiger partial charge in [-0.25, -0.2) is 0 Å². The summed E-state index contributed by atoms with van der Waals surface area (Å²) in [6, 6.07) is 11.0. The van der Waals surface area contributed by atoms with Crippen molar-refractivity contribution in [3.05, 3.63) is 35.9 Å². The molecular formula is C19H29ClN2O. The molecule has 2 aliphatic rings. The van der Waals surface area contributed by atoms with E-state index < -0.39 is 0 Å². The van der Waals surface area contributed by atoms with Crippen molar-refractivity contribution in [1.29, 1.82) is 0 Å². The van der Waals surface area contributed by atoms with Gasteiger partial charge in [-0.05, 0) is 56.0 Å². The van der Waals surface area contributed by atoms with E-state index in [4.69, 9.17) is 0 Å². The molecule has 0 saturated heterocycles. The van der Waals surface area contributed by atoms with E-state index in [-0.39, 0.29) is 18.3 Å². The van der Waals surface area contributed by atoms with E-state index in [9.17, 15) is 4.79 Å². The highest BCUT2D eigenvalue weighted by molar-refractivity contribution is 5.85. The molecule has 23 heavy (non-hydrogen) atoms. The molecule has 0 heterocycles. The molecule has 0 radical (unpaired) electrons. The summed E-state index contributed by atoms with van der Waals surface area (Å²) in [7, 11) is 0. The van der Waals surface area contributed by atoms with Gasteiger partial charge in [-0.2, -0.15) is 0 Å². The normalized spacial score (nSPS) is 23.8. The Kier molecular flexibility index (Phi) is 7.38. The Morgan fingerprint density at radius 2 is 1.78 bits per heavy atom. The summed E-state index contributed by atoms with van der Waals surface area (Å²) in [5.74, 6) is 1.59. The summed E-state index contributed by atoms with van der Waals surface area (Å²) < 4.78 is 0. The first-order valence-corrected chi connectivity index (χ1v) is 8.85. The molecule has 2 saturated carbocycles. The second-order valence-corrected chi connectivity index (χ2v) is 6.98. The summed E-state index contributed by atoms with van der Waals surface area (Å²) in [4.78, 5) is 12.1. The van der Waals surface area contributed by atoms with Crippen LogP contribution >= 0.6 is 12.4 Å². The highest BCUT2D eigenvalue weighted by Crippen LogP contribution is 2.28. The number of nitrogens with one attached hydrogen (secondary N) is 2. The topological polar surface area (TPSA) is 41.1 Å². The van der Waals surface area contributed by atoms with E-state index in [2.05, 4.69) is 41.0 Å². The number of benzene rings is 1. The minimum Gasteiger partial charge on any atom is -0.352 e. The second kappa shape index (κ2) is 9.29. The molecular weight excluding hydrogens is 308 g/mol. The highest BCUT2D eigenvalue weighted by atomic mass is 35.5. The monoisotopic (exact) mass is 336 g/mol. The van der Waals surface area contributed by atoms with Gasteiger partial charge in [0.15, 0.2) is 0 Å². The third-order valence-electron chi connectivity index (χ3n) is 5.01. The summed E-state index contributed by atoms with van der Waals surface area (Å²) in [5, 5.41) is 6.57. The van der Waals surface area contributed by atoms with Gasteiger partial charge >= 0.3 is 0 Å². The van der Waals surface area contributed by atoms with Crippen LogP contribution in [0.1, 0.15) is 44.1 Å². The number of amides is 1. The maximum atomic E-state index is 12.1.